The number of rotatable bonds is 8. The number of aromatic nitrogens is 3. The third-order valence-electron chi connectivity index (χ3n) is 8.57. The van der Waals surface area contributed by atoms with Crippen molar-refractivity contribution in [3.05, 3.63) is 48.2 Å². The first-order valence-electron chi connectivity index (χ1n) is 13.5. The lowest BCUT2D eigenvalue weighted by molar-refractivity contribution is -0.127. The minimum absolute atomic E-state index is 0.0190. The van der Waals surface area contributed by atoms with E-state index >= 15 is 0 Å². The van der Waals surface area contributed by atoms with Crippen molar-refractivity contribution in [1.29, 1.82) is 0 Å². The molecule has 4 heterocycles. The average Bonchev–Trinajstić information content (AvgIpc) is 3.75. The predicted octanol–water partition coefficient (Wildman–Crippen LogP) is 2.03. The topological polar surface area (TPSA) is 149 Å². The van der Waals surface area contributed by atoms with Crippen molar-refractivity contribution in [1.82, 2.24) is 30.5 Å². The number of carbonyl (C=O) groups excluding carboxylic acids is 4. The molecule has 0 unspecified atom stereocenters. The summed E-state index contributed by atoms with van der Waals surface area (Å²) in [6.45, 7) is 1.03. The van der Waals surface area contributed by atoms with Crippen LogP contribution < -0.4 is 15.4 Å². The van der Waals surface area contributed by atoms with Gasteiger partial charge in [0.15, 0.2) is 0 Å². The van der Waals surface area contributed by atoms with Crippen molar-refractivity contribution in [2.24, 2.45) is 17.8 Å². The van der Waals surface area contributed by atoms with E-state index in [1.807, 2.05) is 18.2 Å². The maximum Gasteiger partial charge on any atom is 0.271 e. The van der Waals surface area contributed by atoms with Crippen molar-refractivity contribution >= 4 is 34.4 Å². The number of methoxy groups -OCH3 is 1. The highest BCUT2D eigenvalue weighted by Gasteiger charge is 2.50. The van der Waals surface area contributed by atoms with Crippen LogP contribution in [0.25, 0.3) is 10.9 Å². The van der Waals surface area contributed by atoms with Gasteiger partial charge < -0.3 is 30.2 Å². The van der Waals surface area contributed by atoms with Gasteiger partial charge in [0.25, 0.3) is 5.91 Å². The number of carbonyl (C=O) groups is 4. The van der Waals surface area contributed by atoms with Gasteiger partial charge in [0.1, 0.15) is 23.2 Å². The zero-order chi connectivity index (χ0) is 27.1. The lowest BCUT2D eigenvalue weighted by Crippen LogP contribution is -2.53. The number of amides is 3. The van der Waals surface area contributed by atoms with Crippen molar-refractivity contribution in [2.75, 3.05) is 20.2 Å². The molecule has 4 N–H and O–H groups in total. The molecule has 0 spiro atoms. The maximum absolute atomic E-state index is 13.9. The van der Waals surface area contributed by atoms with Crippen LogP contribution in [0.15, 0.2) is 36.8 Å². The Morgan fingerprint density at radius 1 is 1.21 bits per heavy atom. The van der Waals surface area contributed by atoms with E-state index in [9.17, 15) is 19.2 Å². The zero-order valence-corrected chi connectivity index (χ0v) is 21.7. The first-order valence-corrected chi connectivity index (χ1v) is 13.5. The number of aromatic amines is 2. The number of imidazole rings is 1. The quantitative estimate of drug-likeness (QED) is 0.326. The lowest BCUT2D eigenvalue weighted by atomic mass is 9.91. The van der Waals surface area contributed by atoms with Crippen LogP contribution in [0.5, 0.6) is 5.75 Å². The summed E-state index contributed by atoms with van der Waals surface area (Å²) in [5.41, 5.74) is 1.43. The van der Waals surface area contributed by atoms with E-state index in [2.05, 4.69) is 25.6 Å². The van der Waals surface area contributed by atoms with E-state index in [0.717, 1.165) is 30.2 Å². The first kappa shape index (κ1) is 25.1. The fourth-order valence-corrected chi connectivity index (χ4v) is 6.65. The Morgan fingerprint density at radius 3 is 2.82 bits per heavy atom. The molecule has 204 valence electrons. The Morgan fingerprint density at radius 2 is 2.08 bits per heavy atom. The molecule has 11 heteroatoms. The number of benzene rings is 1. The highest BCUT2D eigenvalue weighted by molar-refractivity contribution is 6.04. The number of likely N-dealkylation sites (tertiary alicyclic amines) is 1. The largest absolute Gasteiger partial charge is 0.496 e. The SMILES string of the molecule is COc1cccc2[nH]c(C(=O)N3C[C@@H]4CCC[C@@H]4[C@H]3C(=O)N[C@@H](C[C@@H]3CCNC3=O)C(=O)c3cnc[nH]3)cc12. The van der Waals surface area contributed by atoms with Crippen LogP contribution in [0, 0.1) is 17.8 Å². The van der Waals surface area contributed by atoms with Gasteiger partial charge in [-0.15, -0.1) is 0 Å². The van der Waals surface area contributed by atoms with Gasteiger partial charge in [-0.2, -0.15) is 0 Å². The Balaban J connectivity index is 1.28. The summed E-state index contributed by atoms with van der Waals surface area (Å²) in [5, 5.41) is 6.54. The Bertz CT molecular complexity index is 1410. The van der Waals surface area contributed by atoms with Gasteiger partial charge in [0.05, 0.1) is 25.7 Å². The zero-order valence-electron chi connectivity index (χ0n) is 21.7. The standard InChI is InChI=1S/C28H32N6O5/c1-39-23-7-3-6-19-18(23)11-21(32-19)28(38)34-13-16-4-2-5-17(16)24(34)27(37)33-20(10-15-8-9-30-26(15)36)25(35)22-12-29-14-31-22/h3,6-7,11-12,14-17,20,24,32H,2,4-5,8-10,13H2,1H3,(H,29,31)(H,30,36)(H,33,37)/t15-,16-,17-,20-,24-/m0/s1. The molecule has 6 rings (SSSR count). The molecule has 2 aromatic heterocycles. The molecule has 3 aromatic rings. The fourth-order valence-electron chi connectivity index (χ4n) is 6.65. The normalized spacial score (nSPS) is 24.9. The third kappa shape index (κ3) is 4.55. The molecule has 3 aliphatic rings. The van der Waals surface area contributed by atoms with Crippen LogP contribution in [-0.4, -0.2) is 75.6 Å². The second kappa shape index (κ2) is 10.2. The second-order valence-corrected chi connectivity index (χ2v) is 10.8. The molecular weight excluding hydrogens is 500 g/mol. The lowest BCUT2D eigenvalue weighted by Gasteiger charge is -2.29. The summed E-state index contributed by atoms with van der Waals surface area (Å²) in [5.74, 6) is -0.527. The smallest absolute Gasteiger partial charge is 0.271 e. The molecule has 3 amide bonds. The molecule has 39 heavy (non-hydrogen) atoms. The number of hydrogen-bond acceptors (Lipinski definition) is 6. The number of fused-ring (bicyclic) bond motifs is 2. The molecule has 1 aliphatic carbocycles. The first-order chi connectivity index (χ1) is 18.9. The number of Topliss-reactive ketones (excluding diaryl/α,β-unsaturated/α-hetero) is 1. The van der Waals surface area contributed by atoms with Gasteiger partial charge in [0, 0.05) is 29.9 Å². The van der Waals surface area contributed by atoms with Crippen LogP contribution in [0.3, 0.4) is 0 Å². The van der Waals surface area contributed by atoms with E-state index in [0.29, 0.717) is 31.0 Å². The molecule has 1 saturated carbocycles. The molecule has 3 fully saturated rings. The number of ether oxygens (including phenoxy) is 1. The monoisotopic (exact) mass is 532 g/mol. The van der Waals surface area contributed by atoms with Crippen molar-refractivity contribution in [2.45, 2.75) is 44.2 Å². The summed E-state index contributed by atoms with van der Waals surface area (Å²) >= 11 is 0. The van der Waals surface area contributed by atoms with Gasteiger partial charge >= 0.3 is 0 Å². The number of hydrogen-bond donors (Lipinski definition) is 4. The van der Waals surface area contributed by atoms with Crippen LogP contribution in [0.4, 0.5) is 0 Å². The number of H-pyrrole nitrogens is 2. The van der Waals surface area contributed by atoms with E-state index < -0.39 is 12.1 Å². The van der Waals surface area contributed by atoms with Gasteiger partial charge in [-0.05, 0) is 55.7 Å². The molecule has 1 aromatic carbocycles. The molecule has 11 nitrogen and oxygen atoms in total. The Hall–Kier alpha value is -4.15. The van der Waals surface area contributed by atoms with E-state index in [1.54, 1.807) is 18.1 Å². The van der Waals surface area contributed by atoms with Crippen LogP contribution in [0.2, 0.25) is 0 Å². The van der Waals surface area contributed by atoms with E-state index in [4.69, 9.17) is 4.74 Å². The van der Waals surface area contributed by atoms with E-state index in [1.165, 1.54) is 12.5 Å². The highest BCUT2D eigenvalue weighted by Crippen LogP contribution is 2.43. The third-order valence-corrected chi connectivity index (χ3v) is 8.57. The number of nitrogens with one attached hydrogen (secondary N) is 4. The maximum atomic E-state index is 13.9. The van der Waals surface area contributed by atoms with E-state index in [-0.39, 0.29) is 53.4 Å². The molecule has 2 saturated heterocycles. The minimum atomic E-state index is -0.915. The summed E-state index contributed by atoms with van der Waals surface area (Å²) in [6, 6.07) is 5.71. The van der Waals surface area contributed by atoms with Gasteiger partial charge in [0.2, 0.25) is 17.6 Å². The second-order valence-electron chi connectivity index (χ2n) is 10.8. The summed E-state index contributed by atoms with van der Waals surface area (Å²) < 4.78 is 5.45. The summed E-state index contributed by atoms with van der Waals surface area (Å²) in [6.07, 6.45) is 6.41. The van der Waals surface area contributed by atoms with Crippen molar-refractivity contribution in [3.63, 3.8) is 0 Å². The Kier molecular flexibility index (Phi) is 6.58. The number of ketones is 1. The summed E-state index contributed by atoms with van der Waals surface area (Å²) in [4.78, 5) is 65.0. The van der Waals surface area contributed by atoms with Crippen LogP contribution in [0.1, 0.15) is 53.1 Å². The predicted molar refractivity (Wildman–Crippen MR) is 141 cm³/mol. The highest BCUT2D eigenvalue weighted by atomic mass is 16.5. The molecule has 0 bridgehead atoms. The van der Waals surface area contributed by atoms with Crippen LogP contribution in [-0.2, 0) is 9.59 Å². The van der Waals surface area contributed by atoms with Crippen LogP contribution >= 0.6 is 0 Å². The molecule has 2 aliphatic heterocycles. The number of nitrogens with zero attached hydrogens (tertiary/aromatic N) is 2. The fraction of sp³-hybridized carbons (Fsp3) is 0.464. The summed E-state index contributed by atoms with van der Waals surface area (Å²) in [7, 11) is 1.58. The molecule has 0 radical (unpaired) electrons. The van der Waals surface area contributed by atoms with Crippen molar-refractivity contribution in [3.8, 4) is 5.75 Å². The Labute approximate surface area is 225 Å². The molecule has 5 atom stereocenters. The van der Waals surface area contributed by atoms with Gasteiger partial charge in [-0.1, -0.05) is 12.5 Å². The average molecular weight is 533 g/mol. The minimum Gasteiger partial charge on any atom is -0.496 e. The van der Waals surface area contributed by atoms with Gasteiger partial charge in [-0.25, -0.2) is 4.98 Å². The van der Waals surface area contributed by atoms with Crippen molar-refractivity contribution < 1.29 is 23.9 Å². The molecular formula is C28H32N6O5. The van der Waals surface area contributed by atoms with Gasteiger partial charge in [-0.3, -0.25) is 19.2 Å².